The van der Waals surface area contributed by atoms with Crippen molar-refractivity contribution in [1.82, 2.24) is 0 Å². The van der Waals surface area contributed by atoms with Crippen molar-refractivity contribution >= 4 is 33.8 Å². The SMILES string of the molecule is Cc1ccc(NC(=O)COc2ccc(C=O)cc2Br)c(C)c1. The summed E-state index contributed by atoms with van der Waals surface area (Å²) < 4.78 is 6.09. The molecular formula is C17H16BrNO3. The summed E-state index contributed by atoms with van der Waals surface area (Å²) in [5.41, 5.74) is 3.46. The monoisotopic (exact) mass is 361 g/mol. The molecule has 0 fully saturated rings. The average Bonchev–Trinajstić information content (AvgIpc) is 2.48. The van der Waals surface area contributed by atoms with E-state index >= 15 is 0 Å². The summed E-state index contributed by atoms with van der Waals surface area (Å²) in [6.45, 7) is 3.84. The molecule has 0 saturated carbocycles. The molecule has 2 aromatic carbocycles. The Morgan fingerprint density at radius 3 is 2.64 bits per heavy atom. The molecule has 1 N–H and O–H groups in total. The number of carbonyl (C=O) groups is 2. The molecule has 0 unspecified atom stereocenters. The molecule has 0 heterocycles. The van der Waals surface area contributed by atoms with Gasteiger partial charge in [-0.1, -0.05) is 17.7 Å². The highest BCUT2D eigenvalue weighted by molar-refractivity contribution is 9.10. The van der Waals surface area contributed by atoms with E-state index < -0.39 is 0 Å². The van der Waals surface area contributed by atoms with Crippen LogP contribution in [0.3, 0.4) is 0 Å². The molecule has 0 aliphatic carbocycles. The fourth-order valence-corrected chi connectivity index (χ4v) is 2.50. The summed E-state index contributed by atoms with van der Waals surface area (Å²) in [6, 6.07) is 10.7. The summed E-state index contributed by atoms with van der Waals surface area (Å²) >= 11 is 3.31. The summed E-state index contributed by atoms with van der Waals surface area (Å²) in [7, 11) is 0. The number of ether oxygens (including phenoxy) is 1. The van der Waals surface area contributed by atoms with Crippen molar-refractivity contribution in [2.24, 2.45) is 0 Å². The van der Waals surface area contributed by atoms with E-state index in [1.165, 1.54) is 0 Å². The second kappa shape index (κ2) is 7.22. The number of nitrogens with one attached hydrogen (secondary N) is 1. The third kappa shape index (κ3) is 4.18. The Balaban J connectivity index is 1.96. The third-order valence-electron chi connectivity index (χ3n) is 3.11. The van der Waals surface area contributed by atoms with Crippen molar-refractivity contribution in [3.05, 3.63) is 57.6 Å². The second-order valence-electron chi connectivity index (χ2n) is 4.96. The molecule has 1 amide bonds. The van der Waals surface area contributed by atoms with Gasteiger partial charge in [-0.2, -0.15) is 0 Å². The number of halogens is 1. The van der Waals surface area contributed by atoms with E-state index in [0.29, 0.717) is 15.8 Å². The lowest BCUT2D eigenvalue weighted by Gasteiger charge is -2.11. The Kier molecular flexibility index (Phi) is 5.33. The van der Waals surface area contributed by atoms with Crippen LogP contribution in [-0.4, -0.2) is 18.8 Å². The van der Waals surface area contributed by atoms with Gasteiger partial charge in [-0.25, -0.2) is 0 Å². The lowest BCUT2D eigenvalue weighted by Crippen LogP contribution is -2.20. The Morgan fingerprint density at radius 2 is 2.00 bits per heavy atom. The summed E-state index contributed by atoms with van der Waals surface area (Å²) in [4.78, 5) is 22.6. The predicted molar refractivity (Wildman–Crippen MR) is 89.6 cm³/mol. The van der Waals surface area contributed by atoms with Crippen LogP contribution in [0.1, 0.15) is 21.5 Å². The number of aldehydes is 1. The van der Waals surface area contributed by atoms with Gasteiger partial charge in [-0.05, 0) is 59.6 Å². The molecule has 0 spiro atoms. The lowest BCUT2D eigenvalue weighted by atomic mass is 10.1. The first-order valence-corrected chi connectivity index (χ1v) is 7.53. The molecule has 22 heavy (non-hydrogen) atoms. The molecule has 0 aliphatic rings. The highest BCUT2D eigenvalue weighted by Gasteiger charge is 2.08. The molecule has 0 saturated heterocycles. The van der Waals surface area contributed by atoms with Gasteiger partial charge in [0.15, 0.2) is 6.61 Å². The molecule has 0 bridgehead atoms. The number of carbonyl (C=O) groups excluding carboxylic acids is 2. The molecule has 114 valence electrons. The second-order valence-corrected chi connectivity index (χ2v) is 5.82. The smallest absolute Gasteiger partial charge is 0.262 e. The van der Waals surface area contributed by atoms with Crippen LogP contribution in [0.2, 0.25) is 0 Å². The molecule has 4 nitrogen and oxygen atoms in total. The topological polar surface area (TPSA) is 55.4 Å². The molecule has 0 atom stereocenters. The number of aryl methyl sites for hydroxylation is 2. The number of rotatable bonds is 5. The number of amides is 1. The zero-order chi connectivity index (χ0) is 16.1. The van der Waals surface area contributed by atoms with Crippen LogP contribution in [0.5, 0.6) is 5.75 Å². The number of benzene rings is 2. The Hall–Kier alpha value is -2.14. The van der Waals surface area contributed by atoms with E-state index in [-0.39, 0.29) is 12.5 Å². The predicted octanol–water partition coefficient (Wildman–Crippen LogP) is 3.90. The maximum absolute atomic E-state index is 11.9. The zero-order valence-corrected chi connectivity index (χ0v) is 13.9. The van der Waals surface area contributed by atoms with E-state index in [9.17, 15) is 9.59 Å². The van der Waals surface area contributed by atoms with E-state index in [0.717, 1.165) is 23.1 Å². The minimum atomic E-state index is -0.238. The minimum Gasteiger partial charge on any atom is -0.483 e. The van der Waals surface area contributed by atoms with E-state index in [2.05, 4.69) is 21.2 Å². The van der Waals surface area contributed by atoms with Crippen LogP contribution in [0.25, 0.3) is 0 Å². The lowest BCUT2D eigenvalue weighted by molar-refractivity contribution is -0.118. The zero-order valence-electron chi connectivity index (χ0n) is 12.4. The van der Waals surface area contributed by atoms with Gasteiger partial charge in [0.25, 0.3) is 5.91 Å². The van der Waals surface area contributed by atoms with Crippen molar-refractivity contribution in [1.29, 1.82) is 0 Å². The van der Waals surface area contributed by atoms with E-state index in [4.69, 9.17) is 4.74 Å². The van der Waals surface area contributed by atoms with Crippen molar-refractivity contribution in [3.8, 4) is 5.75 Å². The van der Waals surface area contributed by atoms with Crippen molar-refractivity contribution in [2.45, 2.75) is 13.8 Å². The van der Waals surface area contributed by atoms with E-state index in [1.54, 1.807) is 18.2 Å². The van der Waals surface area contributed by atoms with Crippen LogP contribution in [0, 0.1) is 13.8 Å². The van der Waals surface area contributed by atoms with Crippen LogP contribution < -0.4 is 10.1 Å². The number of hydrogen-bond acceptors (Lipinski definition) is 3. The Bertz CT molecular complexity index is 713. The molecular weight excluding hydrogens is 346 g/mol. The minimum absolute atomic E-state index is 0.105. The molecule has 2 rings (SSSR count). The number of hydrogen-bond donors (Lipinski definition) is 1. The van der Waals surface area contributed by atoms with Crippen molar-refractivity contribution < 1.29 is 14.3 Å². The average molecular weight is 362 g/mol. The first kappa shape index (κ1) is 16.2. The summed E-state index contributed by atoms with van der Waals surface area (Å²) in [5.74, 6) is 0.277. The first-order valence-electron chi connectivity index (χ1n) is 6.74. The van der Waals surface area contributed by atoms with Gasteiger partial charge in [-0.15, -0.1) is 0 Å². The molecule has 0 radical (unpaired) electrons. The fraction of sp³-hybridized carbons (Fsp3) is 0.176. The first-order chi connectivity index (χ1) is 10.5. The van der Waals surface area contributed by atoms with Gasteiger partial charge in [0.1, 0.15) is 12.0 Å². The van der Waals surface area contributed by atoms with Crippen LogP contribution >= 0.6 is 15.9 Å². The largest absolute Gasteiger partial charge is 0.483 e. The molecule has 5 heteroatoms. The van der Waals surface area contributed by atoms with Gasteiger partial charge in [-0.3, -0.25) is 9.59 Å². The standard InChI is InChI=1S/C17H16BrNO3/c1-11-3-5-15(12(2)7-11)19-17(21)10-22-16-6-4-13(9-20)8-14(16)18/h3-9H,10H2,1-2H3,(H,19,21). The van der Waals surface area contributed by atoms with Crippen LogP contribution in [-0.2, 0) is 4.79 Å². The van der Waals surface area contributed by atoms with Gasteiger partial charge in [0, 0.05) is 11.3 Å². The third-order valence-corrected chi connectivity index (χ3v) is 3.73. The van der Waals surface area contributed by atoms with Gasteiger partial charge < -0.3 is 10.1 Å². The van der Waals surface area contributed by atoms with Crippen molar-refractivity contribution in [3.63, 3.8) is 0 Å². The Labute approximate surface area is 137 Å². The van der Waals surface area contributed by atoms with Gasteiger partial charge in [0.05, 0.1) is 4.47 Å². The highest BCUT2D eigenvalue weighted by Crippen LogP contribution is 2.25. The van der Waals surface area contributed by atoms with Gasteiger partial charge >= 0.3 is 0 Å². The maximum Gasteiger partial charge on any atom is 0.262 e. The molecule has 2 aromatic rings. The highest BCUT2D eigenvalue weighted by atomic mass is 79.9. The van der Waals surface area contributed by atoms with Crippen molar-refractivity contribution in [2.75, 3.05) is 11.9 Å². The summed E-state index contributed by atoms with van der Waals surface area (Å²) in [6.07, 6.45) is 0.751. The van der Waals surface area contributed by atoms with Crippen LogP contribution in [0.15, 0.2) is 40.9 Å². The molecule has 0 aliphatic heterocycles. The van der Waals surface area contributed by atoms with E-state index in [1.807, 2.05) is 32.0 Å². The Morgan fingerprint density at radius 1 is 1.23 bits per heavy atom. The fourth-order valence-electron chi connectivity index (χ4n) is 1.99. The summed E-state index contributed by atoms with van der Waals surface area (Å²) in [5, 5.41) is 2.81. The van der Waals surface area contributed by atoms with Crippen LogP contribution in [0.4, 0.5) is 5.69 Å². The quantitative estimate of drug-likeness (QED) is 0.821. The molecule has 0 aromatic heterocycles. The maximum atomic E-state index is 11.9. The number of anilines is 1. The van der Waals surface area contributed by atoms with Gasteiger partial charge in [0.2, 0.25) is 0 Å². The normalized spacial score (nSPS) is 10.1.